The van der Waals surface area contributed by atoms with Crippen molar-refractivity contribution in [1.29, 1.82) is 0 Å². The highest BCUT2D eigenvalue weighted by Crippen LogP contribution is 2.38. The molecule has 0 unspecified atom stereocenters. The topological polar surface area (TPSA) is 60.7 Å². The highest BCUT2D eigenvalue weighted by molar-refractivity contribution is 6.05. The van der Waals surface area contributed by atoms with Crippen LogP contribution < -0.4 is 14.8 Å². The summed E-state index contributed by atoms with van der Waals surface area (Å²) in [6, 6.07) is 17.8. The number of furan rings is 1. The molecule has 0 saturated heterocycles. The Balaban J connectivity index is 1.69. The highest BCUT2D eigenvalue weighted by atomic mass is 16.5. The third-order valence-electron chi connectivity index (χ3n) is 6.00. The number of allylic oxidation sites excluding steroid dienone is 1. The zero-order chi connectivity index (χ0) is 24.9. The average Bonchev–Trinajstić information content (AvgIpc) is 3.24. The van der Waals surface area contributed by atoms with E-state index in [4.69, 9.17) is 13.9 Å². The Morgan fingerprint density at radius 3 is 2.37 bits per heavy atom. The first-order chi connectivity index (χ1) is 16.9. The number of hydrogen-bond donors (Lipinski definition) is 1. The lowest BCUT2D eigenvalue weighted by atomic mass is 9.99. The molecule has 0 aliphatic rings. The number of anilines is 1. The Morgan fingerprint density at radius 1 is 0.943 bits per heavy atom. The van der Waals surface area contributed by atoms with Gasteiger partial charge >= 0.3 is 0 Å². The molecule has 180 valence electrons. The van der Waals surface area contributed by atoms with Gasteiger partial charge in [-0.25, -0.2) is 0 Å². The number of fused-ring (bicyclic) bond motifs is 1. The van der Waals surface area contributed by atoms with Crippen LogP contribution in [0.15, 0.2) is 71.4 Å². The van der Waals surface area contributed by atoms with Crippen molar-refractivity contribution in [1.82, 2.24) is 0 Å². The molecule has 0 saturated carbocycles. The molecule has 4 rings (SSSR count). The van der Waals surface area contributed by atoms with Gasteiger partial charge in [-0.1, -0.05) is 18.2 Å². The fourth-order valence-corrected chi connectivity index (χ4v) is 4.03. The average molecular weight is 470 g/mol. The standard InChI is InChI=1S/C30H31NO4/c1-6-33-24-12-9-22(10-13-24)27-18-35-29-17-28(34-7-2)25(16-26(27)29)21(5)15-30(32)31-23-11-8-19(3)20(4)14-23/h8-18H,6-7H2,1-5H3,(H,31,32)/b21-15+. The zero-order valence-electron chi connectivity index (χ0n) is 20.9. The molecule has 0 aliphatic carbocycles. The van der Waals surface area contributed by atoms with E-state index in [1.807, 2.05) is 89.2 Å². The Hall–Kier alpha value is -3.99. The van der Waals surface area contributed by atoms with Crippen LogP contribution in [0.25, 0.3) is 27.7 Å². The summed E-state index contributed by atoms with van der Waals surface area (Å²) >= 11 is 0. The second-order valence-electron chi connectivity index (χ2n) is 8.50. The van der Waals surface area contributed by atoms with E-state index in [0.29, 0.717) is 19.0 Å². The zero-order valence-corrected chi connectivity index (χ0v) is 20.9. The van der Waals surface area contributed by atoms with Crippen molar-refractivity contribution in [3.05, 3.63) is 83.6 Å². The molecule has 0 bridgehead atoms. The van der Waals surface area contributed by atoms with Crippen LogP contribution in [0.4, 0.5) is 5.69 Å². The molecule has 5 nitrogen and oxygen atoms in total. The molecule has 1 N–H and O–H groups in total. The van der Waals surface area contributed by atoms with Crippen molar-refractivity contribution in [2.75, 3.05) is 18.5 Å². The van der Waals surface area contributed by atoms with Gasteiger partial charge in [0.25, 0.3) is 0 Å². The lowest BCUT2D eigenvalue weighted by Crippen LogP contribution is -2.09. The molecule has 0 radical (unpaired) electrons. The number of hydrogen-bond acceptors (Lipinski definition) is 4. The second-order valence-corrected chi connectivity index (χ2v) is 8.50. The van der Waals surface area contributed by atoms with Crippen molar-refractivity contribution in [2.45, 2.75) is 34.6 Å². The minimum absolute atomic E-state index is 0.188. The van der Waals surface area contributed by atoms with Gasteiger partial charge in [0.1, 0.15) is 17.1 Å². The summed E-state index contributed by atoms with van der Waals surface area (Å²) in [6.07, 6.45) is 3.36. The first-order valence-corrected chi connectivity index (χ1v) is 11.9. The minimum atomic E-state index is -0.188. The molecule has 0 spiro atoms. The van der Waals surface area contributed by atoms with E-state index >= 15 is 0 Å². The highest BCUT2D eigenvalue weighted by Gasteiger charge is 2.15. The van der Waals surface area contributed by atoms with Crippen molar-refractivity contribution < 1.29 is 18.7 Å². The Kier molecular flexibility index (Phi) is 7.25. The molecule has 1 heterocycles. The maximum Gasteiger partial charge on any atom is 0.248 e. The largest absolute Gasteiger partial charge is 0.494 e. The summed E-state index contributed by atoms with van der Waals surface area (Å²) in [5.74, 6) is 1.32. The molecule has 0 fully saturated rings. The maximum atomic E-state index is 12.8. The van der Waals surface area contributed by atoms with Gasteiger partial charge in [0, 0.05) is 34.3 Å². The summed E-state index contributed by atoms with van der Waals surface area (Å²) in [4.78, 5) is 12.8. The molecular weight excluding hydrogens is 438 g/mol. The number of ether oxygens (including phenoxy) is 2. The normalized spacial score (nSPS) is 11.5. The van der Waals surface area contributed by atoms with Crippen LogP contribution in [-0.2, 0) is 4.79 Å². The molecule has 5 heteroatoms. The molecular formula is C30H31NO4. The van der Waals surface area contributed by atoms with E-state index in [1.54, 1.807) is 12.3 Å². The molecule has 4 aromatic rings. The predicted molar refractivity (Wildman–Crippen MR) is 142 cm³/mol. The van der Waals surface area contributed by atoms with E-state index in [-0.39, 0.29) is 5.91 Å². The Bertz CT molecular complexity index is 1380. The minimum Gasteiger partial charge on any atom is -0.494 e. The number of amides is 1. The predicted octanol–water partition coefficient (Wildman–Crippen LogP) is 7.56. The summed E-state index contributed by atoms with van der Waals surface area (Å²) in [5, 5.41) is 3.91. The number of nitrogens with one attached hydrogen (secondary N) is 1. The van der Waals surface area contributed by atoms with E-state index in [2.05, 4.69) is 5.32 Å². The van der Waals surface area contributed by atoms with Gasteiger partial charge in [0.05, 0.1) is 19.5 Å². The fourth-order valence-electron chi connectivity index (χ4n) is 4.03. The first kappa shape index (κ1) is 24.1. The van der Waals surface area contributed by atoms with E-state index in [0.717, 1.165) is 50.2 Å². The third-order valence-corrected chi connectivity index (χ3v) is 6.00. The molecule has 1 amide bonds. The van der Waals surface area contributed by atoms with Gasteiger partial charge in [-0.15, -0.1) is 0 Å². The van der Waals surface area contributed by atoms with Gasteiger partial charge in [-0.05, 0) is 87.2 Å². The maximum absolute atomic E-state index is 12.8. The van der Waals surface area contributed by atoms with E-state index < -0.39 is 0 Å². The monoisotopic (exact) mass is 469 g/mol. The lowest BCUT2D eigenvalue weighted by molar-refractivity contribution is -0.111. The number of aryl methyl sites for hydroxylation is 2. The number of carbonyl (C=O) groups excluding carboxylic acids is 1. The van der Waals surface area contributed by atoms with Crippen LogP contribution in [0.1, 0.15) is 37.5 Å². The SMILES string of the molecule is CCOc1ccc(-c2coc3cc(OCC)c(/C(C)=C/C(=O)Nc4ccc(C)c(C)c4)cc23)cc1. The molecule has 35 heavy (non-hydrogen) atoms. The van der Waals surface area contributed by atoms with Crippen LogP contribution in [0.3, 0.4) is 0 Å². The van der Waals surface area contributed by atoms with Gasteiger partial charge in [-0.2, -0.15) is 0 Å². The van der Waals surface area contributed by atoms with Gasteiger partial charge in [0.15, 0.2) is 0 Å². The van der Waals surface area contributed by atoms with Crippen molar-refractivity contribution in [3.63, 3.8) is 0 Å². The number of carbonyl (C=O) groups is 1. The quantitative estimate of drug-likeness (QED) is 0.271. The lowest BCUT2D eigenvalue weighted by Gasteiger charge is -2.12. The van der Waals surface area contributed by atoms with Crippen LogP contribution >= 0.6 is 0 Å². The van der Waals surface area contributed by atoms with E-state index in [1.165, 1.54) is 5.56 Å². The number of rotatable bonds is 8. The molecule has 0 atom stereocenters. The first-order valence-electron chi connectivity index (χ1n) is 11.9. The van der Waals surface area contributed by atoms with Crippen molar-refractivity contribution in [2.24, 2.45) is 0 Å². The fraction of sp³-hybridized carbons (Fsp3) is 0.233. The van der Waals surface area contributed by atoms with Crippen LogP contribution in [0.2, 0.25) is 0 Å². The molecule has 0 aliphatic heterocycles. The third kappa shape index (κ3) is 5.40. The molecule has 1 aromatic heterocycles. The number of benzene rings is 3. The van der Waals surface area contributed by atoms with Crippen LogP contribution in [-0.4, -0.2) is 19.1 Å². The van der Waals surface area contributed by atoms with Crippen LogP contribution in [0, 0.1) is 13.8 Å². The summed E-state index contributed by atoms with van der Waals surface area (Å²) in [7, 11) is 0. The van der Waals surface area contributed by atoms with Gasteiger partial charge in [0.2, 0.25) is 5.91 Å². The van der Waals surface area contributed by atoms with Crippen LogP contribution in [0.5, 0.6) is 11.5 Å². The molecule has 3 aromatic carbocycles. The van der Waals surface area contributed by atoms with Crippen molar-refractivity contribution >= 4 is 28.1 Å². The van der Waals surface area contributed by atoms with Gasteiger partial charge < -0.3 is 19.2 Å². The smallest absolute Gasteiger partial charge is 0.248 e. The van der Waals surface area contributed by atoms with Gasteiger partial charge in [-0.3, -0.25) is 4.79 Å². The Labute approximate surface area is 206 Å². The van der Waals surface area contributed by atoms with E-state index in [9.17, 15) is 4.79 Å². The second kappa shape index (κ2) is 10.5. The summed E-state index contributed by atoms with van der Waals surface area (Å²) < 4.78 is 17.3. The summed E-state index contributed by atoms with van der Waals surface area (Å²) in [6.45, 7) is 11.0. The van der Waals surface area contributed by atoms with Crippen molar-refractivity contribution in [3.8, 4) is 22.6 Å². The summed E-state index contributed by atoms with van der Waals surface area (Å²) in [5.41, 5.74) is 7.47. The Morgan fingerprint density at radius 2 is 1.69 bits per heavy atom.